The van der Waals surface area contributed by atoms with Crippen molar-refractivity contribution in [2.75, 3.05) is 13.7 Å². The zero-order chi connectivity index (χ0) is 15.8. The Balaban J connectivity index is 1.98. The Morgan fingerprint density at radius 3 is 2.27 bits per heavy atom. The summed E-state index contributed by atoms with van der Waals surface area (Å²) in [6, 6.07) is 18.7. The van der Waals surface area contributed by atoms with E-state index in [1.54, 1.807) is 7.11 Å². The summed E-state index contributed by atoms with van der Waals surface area (Å²) in [6.07, 6.45) is 0.515. The van der Waals surface area contributed by atoms with Crippen molar-refractivity contribution in [3.8, 4) is 0 Å². The maximum Gasteiger partial charge on any atom is 0.237 e. The molecule has 4 nitrogen and oxygen atoms in total. The van der Waals surface area contributed by atoms with Crippen molar-refractivity contribution in [1.29, 1.82) is 0 Å². The molecule has 2 atom stereocenters. The van der Waals surface area contributed by atoms with Gasteiger partial charge in [-0.3, -0.25) is 4.79 Å². The summed E-state index contributed by atoms with van der Waals surface area (Å²) in [7, 11) is 1.62. The van der Waals surface area contributed by atoms with E-state index in [-0.39, 0.29) is 11.9 Å². The third-order valence-corrected chi connectivity index (χ3v) is 3.49. The maximum atomic E-state index is 12.3. The van der Waals surface area contributed by atoms with Crippen molar-refractivity contribution in [1.82, 2.24) is 5.32 Å². The van der Waals surface area contributed by atoms with Crippen LogP contribution in [0.25, 0.3) is 0 Å². The van der Waals surface area contributed by atoms with Crippen molar-refractivity contribution < 1.29 is 9.53 Å². The second-order valence-corrected chi connectivity index (χ2v) is 5.22. The Bertz CT molecular complexity index is 572. The first-order chi connectivity index (χ1) is 10.7. The van der Waals surface area contributed by atoms with Gasteiger partial charge in [0.1, 0.15) is 0 Å². The summed E-state index contributed by atoms with van der Waals surface area (Å²) in [5.41, 5.74) is 8.07. The molecule has 3 N–H and O–H groups in total. The largest absolute Gasteiger partial charge is 0.382 e. The molecule has 0 aromatic heterocycles. The van der Waals surface area contributed by atoms with Crippen molar-refractivity contribution in [2.45, 2.75) is 18.5 Å². The van der Waals surface area contributed by atoms with E-state index in [2.05, 4.69) is 5.32 Å². The molecule has 0 fully saturated rings. The van der Waals surface area contributed by atoms with Gasteiger partial charge in [-0.05, 0) is 17.5 Å². The summed E-state index contributed by atoms with van der Waals surface area (Å²) < 4.78 is 5.20. The second kappa shape index (κ2) is 8.32. The number of carbonyl (C=O) groups excluding carboxylic acids is 1. The van der Waals surface area contributed by atoms with Crippen molar-refractivity contribution in [3.63, 3.8) is 0 Å². The van der Waals surface area contributed by atoms with Gasteiger partial charge in [0.05, 0.1) is 18.7 Å². The number of hydrogen-bond acceptors (Lipinski definition) is 3. The van der Waals surface area contributed by atoms with Gasteiger partial charge >= 0.3 is 0 Å². The predicted octanol–water partition coefficient (Wildman–Crippen LogP) is 2.06. The molecule has 0 aliphatic rings. The normalized spacial score (nSPS) is 13.4. The Labute approximate surface area is 131 Å². The number of benzene rings is 2. The number of amides is 1. The molecule has 22 heavy (non-hydrogen) atoms. The quantitative estimate of drug-likeness (QED) is 0.822. The van der Waals surface area contributed by atoms with E-state index in [1.807, 2.05) is 60.7 Å². The molecule has 0 aliphatic carbocycles. The highest BCUT2D eigenvalue weighted by atomic mass is 16.5. The minimum absolute atomic E-state index is 0.172. The van der Waals surface area contributed by atoms with Crippen molar-refractivity contribution in [2.24, 2.45) is 5.73 Å². The molecule has 0 saturated carbocycles. The van der Waals surface area contributed by atoms with Crippen LogP contribution in [0.5, 0.6) is 0 Å². The fourth-order valence-electron chi connectivity index (χ4n) is 2.31. The molecule has 0 heterocycles. The molecule has 2 aromatic carbocycles. The van der Waals surface area contributed by atoms with E-state index in [1.165, 1.54) is 0 Å². The molecule has 0 unspecified atom stereocenters. The molecule has 1 amide bonds. The molecule has 2 rings (SSSR count). The molecular weight excluding hydrogens is 276 g/mol. The molecule has 4 heteroatoms. The van der Waals surface area contributed by atoms with E-state index >= 15 is 0 Å². The lowest BCUT2D eigenvalue weighted by Gasteiger charge is -2.21. The molecule has 0 saturated heterocycles. The molecule has 0 spiro atoms. The highest BCUT2D eigenvalue weighted by Crippen LogP contribution is 2.13. The minimum atomic E-state index is -0.578. The average molecular weight is 298 g/mol. The van der Waals surface area contributed by atoms with Gasteiger partial charge in [-0.1, -0.05) is 60.7 Å². The lowest BCUT2D eigenvalue weighted by atomic mass is 10.0. The highest BCUT2D eigenvalue weighted by Gasteiger charge is 2.19. The maximum absolute atomic E-state index is 12.3. The molecule has 0 aliphatic heterocycles. The van der Waals surface area contributed by atoms with Crippen LogP contribution < -0.4 is 11.1 Å². The number of rotatable bonds is 7. The summed E-state index contributed by atoms with van der Waals surface area (Å²) in [4.78, 5) is 12.3. The van der Waals surface area contributed by atoms with E-state index in [0.717, 1.165) is 11.1 Å². The molecule has 0 radical (unpaired) electrons. The van der Waals surface area contributed by atoms with Gasteiger partial charge < -0.3 is 15.8 Å². The smallest absolute Gasteiger partial charge is 0.237 e. The van der Waals surface area contributed by atoms with E-state index in [4.69, 9.17) is 10.5 Å². The van der Waals surface area contributed by atoms with E-state index in [0.29, 0.717) is 13.0 Å². The standard InChI is InChI=1S/C18H22N2O2/c1-22-13-17(15-10-6-3-7-11-15)20-18(21)16(19)12-14-8-4-2-5-9-14/h2-11,16-17H,12-13,19H2,1H3,(H,20,21)/t16-,17+/m0/s1. The fraction of sp³-hybridized carbons (Fsp3) is 0.278. The SMILES string of the molecule is COC[C@@H](NC(=O)[C@@H](N)Cc1ccccc1)c1ccccc1. The summed E-state index contributed by atoms with van der Waals surface area (Å²) in [5.74, 6) is -0.172. The zero-order valence-corrected chi connectivity index (χ0v) is 12.7. The van der Waals surface area contributed by atoms with Gasteiger partial charge in [-0.25, -0.2) is 0 Å². The van der Waals surface area contributed by atoms with Crippen LogP contribution in [0.2, 0.25) is 0 Å². The number of methoxy groups -OCH3 is 1. The summed E-state index contributed by atoms with van der Waals surface area (Å²) in [5, 5.41) is 2.97. The lowest BCUT2D eigenvalue weighted by molar-refractivity contribution is -0.123. The summed E-state index contributed by atoms with van der Waals surface area (Å²) in [6.45, 7) is 0.411. The van der Waals surface area contributed by atoms with Gasteiger partial charge in [0.25, 0.3) is 0 Å². The van der Waals surface area contributed by atoms with Crippen LogP contribution in [-0.4, -0.2) is 25.7 Å². The Kier molecular flexibility index (Phi) is 6.13. The zero-order valence-electron chi connectivity index (χ0n) is 12.7. The second-order valence-electron chi connectivity index (χ2n) is 5.22. The van der Waals surface area contributed by atoms with Crippen molar-refractivity contribution in [3.05, 3.63) is 71.8 Å². The van der Waals surface area contributed by atoms with Gasteiger partial charge in [0.15, 0.2) is 0 Å². The molecular formula is C18H22N2O2. The first-order valence-electron chi connectivity index (χ1n) is 7.34. The number of ether oxygens (including phenoxy) is 1. The number of nitrogens with one attached hydrogen (secondary N) is 1. The molecule has 0 bridgehead atoms. The van der Waals surface area contributed by atoms with Gasteiger partial charge in [-0.15, -0.1) is 0 Å². The van der Waals surface area contributed by atoms with Crippen molar-refractivity contribution >= 4 is 5.91 Å². The van der Waals surface area contributed by atoms with Crippen LogP contribution in [0.15, 0.2) is 60.7 Å². The number of carbonyl (C=O) groups is 1. The summed E-state index contributed by atoms with van der Waals surface area (Å²) >= 11 is 0. The number of hydrogen-bond donors (Lipinski definition) is 2. The monoisotopic (exact) mass is 298 g/mol. The minimum Gasteiger partial charge on any atom is -0.382 e. The predicted molar refractivity (Wildman–Crippen MR) is 87.3 cm³/mol. The lowest BCUT2D eigenvalue weighted by Crippen LogP contribution is -2.44. The van der Waals surface area contributed by atoms with Crippen LogP contribution in [0.3, 0.4) is 0 Å². The average Bonchev–Trinajstić information content (AvgIpc) is 2.56. The molecule has 116 valence electrons. The number of nitrogens with two attached hydrogens (primary N) is 1. The van der Waals surface area contributed by atoms with Crippen LogP contribution in [0.1, 0.15) is 17.2 Å². The third kappa shape index (κ3) is 4.69. The van der Waals surface area contributed by atoms with Crippen LogP contribution in [0.4, 0.5) is 0 Å². The Morgan fingerprint density at radius 2 is 1.68 bits per heavy atom. The third-order valence-electron chi connectivity index (χ3n) is 3.49. The van der Waals surface area contributed by atoms with Crippen LogP contribution in [0, 0.1) is 0 Å². The van der Waals surface area contributed by atoms with Gasteiger partial charge in [0, 0.05) is 7.11 Å². The first kappa shape index (κ1) is 16.2. The molecule has 2 aromatic rings. The first-order valence-corrected chi connectivity index (χ1v) is 7.34. The van der Waals surface area contributed by atoms with Gasteiger partial charge in [0.2, 0.25) is 5.91 Å². The van der Waals surface area contributed by atoms with Gasteiger partial charge in [-0.2, -0.15) is 0 Å². The van der Waals surface area contributed by atoms with Crippen LogP contribution in [-0.2, 0) is 16.0 Å². The van der Waals surface area contributed by atoms with Crippen LogP contribution >= 0.6 is 0 Å². The Morgan fingerprint density at radius 1 is 1.09 bits per heavy atom. The Hall–Kier alpha value is -2.17. The van der Waals surface area contributed by atoms with E-state index < -0.39 is 6.04 Å². The van der Waals surface area contributed by atoms with E-state index in [9.17, 15) is 4.79 Å². The topological polar surface area (TPSA) is 64.3 Å². The highest BCUT2D eigenvalue weighted by molar-refractivity contribution is 5.82. The fourth-order valence-corrected chi connectivity index (χ4v) is 2.31.